The Morgan fingerprint density at radius 1 is 1.12 bits per heavy atom. The van der Waals surface area contributed by atoms with E-state index in [0.29, 0.717) is 44.9 Å². The molecule has 1 fully saturated rings. The zero-order valence-corrected chi connectivity index (χ0v) is 15.3. The fourth-order valence-corrected chi connectivity index (χ4v) is 3.07. The fourth-order valence-electron chi connectivity index (χ4n) is 3.07. The minimum absolute atomic E-state index is 0.0319. The lowest BCUT2D eigenvalue weighted by Crippen LogP contribution is -2.53. The van der Waals surface area contributed by atoms with Gasteiger partial charge < -0.3 is 19.9 Å². The van der Waals surface area contributed by atoms with Crippen LogP contribution >= 0.6 is 0 Å². The third-order valence-electron chi connectivity index (χ3n) is 4.56. The van der Waals surface area contributed by atoms with Crippen LogP contribution in [0.1, 0.15) is 36.7 Å². The van der Waals surface area contributed by atoms with Crippen LogP contribution in [0, 0.1) is 5.41 Å². The molecule has 1 saturated heterocycles. The first-order chi connectivity index (χ1) is 11.8. The molecule has 1 N–H and O–H groups in total. The number of piperazine rings is 1. The number of ether oxygens (including phenoxy) is 1. The molecule has 0 unspecified atom stereocenters. The van der Waals surface area contributed by atoms with E-state index in [2.05, 4.69) is 26.1 Å². The van der Waals surface area contributed by atoms with Crippen LogP contribution in [0.15, 0.2) is 18.2 Å². The molecule has 3 rings (SSSR count). The number of nitrogens with zero attached hydrogens (tertiary/aromatic N) is 2. The summed E-state index contributed by atoms with van der Waals surface area (Å²) in [7, 11) is 0. The molecule has 2 aliphatic rings. The zero-order chi connectivity index (χ0) is 18.0. The second-order valence-corrected chi connectivity index (χ2v) is 7.92. The van der Waals surface area contributed by atoms with Crippen molar-refractivity contribution < 1.29 is 14.3 Å². The molecule has 0 bridgehead atoms. The van der Waals surface area contributed by atoms with Crippen LogP contribution in [0.5, 0.6) is 5.75 Å². The summed E-state index contributed by atoms with van der Waals surface area (Å²) in [6.07, 6.45) is 0.859. The molecule has 0 aromatic heterocycles. The molecule has 3 amide bonds. The van der Waals surface area contributed by atoms with Gasteiger partial charge in [0, 0.05) is 44.7 Å². The lowest BCUT2D eigenvalue weighted by atomic mass is 9.97. The second kappa shape index (κ2) is 6.94. The molecular weight excluding hydrogens is 318 g/mol. The number of amides is 3. The predicted octanol–water partition coefficient (Wildman–Crippen LogP) is 2.13. The average molecular weight is 345 g/mol. The Morgan fingerprint density at radius 2 is 1.80 bits per heavy atom. The van der Waals surface area contributed by atoms with Crippen molar-refractivity contribution in [3.63, 3.8) is 0 Å². The van der Waals surface area contributed by atoms with Gasteiger partial charge in [0.15, 0.2) is 0 Å². The summed E-state index contributed by atoms with van der Waals surface area (Å²) >= 11 is 0. The van der Waals surface area contributed by atoms with Crippen LogP contribution in [0.2, 0.25) is 0 Å². The number of rotatable bonds is 2. The van der Waals surface area contributed by atoms with Gasteiger partial charge in [-0.1, -0.05) is 20.8 Å². The summed E-state index contributed by atoms with van der Waals surface area (Å²) in [5.41, 5.74) is 1.87. The number of carbonyl (C=O) groups excluding carboxylic acids is 2. The Bertz CT molecular complexity index is 658. The number of hydrogen-bond donors (Lipinski definition) is 1. The third-order valence-corrected chi connectivity index (χ3v) is 4.56. The maximum atomic E-state index is 12.7. The van der Waals surface area contributed by atoms with E-state index >= 15 is 0 Å². The van der Waals surface area contributed by atoms with Crippen LogP contribution in [0.25, 0.3) is 0 Å². The van der Waals surface area contributed by atoms with Gasteiger partial charge in [-0.2, -0.15) is 0 Å². The van der Waals surface area contributed by atoms with E-state index < -0.39 is 0 Å². The summed E-state index contributed by atoms with van der Waals surface area (Å²) < 4.78 is 5.49. The van der Waals surface area contributed by atoms with Crippen molar-refractivity contribution in [2.75, 3.05) is 39.3 Å². The molecule has 0 radical (unpaired) electrons. The Labute approximate surface area is 149 Å². The van der Waals surface area contributed by atoms with E-state index in [1.165, 1.54) is 0 Å². The molecule has 0 aliphatic carbocycles. The molecule has 136 valence electrons. The Kier molecular flexibility index (Phi) is 4.88. The molecule has 25 heavy (non-hydrogen) atoms. The van der Waals surface area contributed by atoms with Crippen molar-refractivity contribution in [1.29, 1.82) is 0 Å². The molecule has 1 aromatic rings. The van der Waals surface area contributed by atoms with Gasteiger partial charge in [-0.3, -0.25) is 4.79 Å². The third kappa shape index (κ3) is 4.24. The fraction of sp³-hybridized carbons (Fsp3) is 0.579. The summed E-state index contributed by atoms with van der Waals surface area (Å²) in [6, 6.07) is 5.60. The number of fused-ring (bicyclic) bond motifs is 1. The number of nitrogens with one attached hydrogen (secondary N) is 1. The molecular formula is C19H27N3O3. The molecule has 6 heteroatoms. The number of benzene rings is 1. The smallest absolute Gasteiger partial charge is 0.317 e. The highest BCUT2D eigenvalue weighted by molar-refractivity contribution is 5.95. The highest BCUT2D eigenvalue weighted by Gasteiger charge is 2.26. The Hall–Kier alpha value is -2.24. The highest BCUT2D eigenvalue weighted by Crippen LogP contribution is 2.26. The normalized spacial score (nSPS) is 17.1. The standard InChI is InChI=1S/C19H27N3O3/c1-19(2,3)13-20-18(24)22-9-7-21(8-10-22)17(23)15-4-5-16-14(12-15)6-11-25-16/h4-5,12H,6-11,13H2,1-3H3,(H,20,24). The van der Waals surface area contributed by atoms with E-state index in [0.717, 1.165) is 17.7 Å². The summed E-state index contributed by atoms with van der Waals surface area (Å²) in [6.45, 7) is 9.86. The lowest BCUT2D eigenvalue weighted by Gasteiger charge is -2.35. The second-order valence-electron chi connectivity index (χ2n) is 7.92. The predicted molar refractivity (Wildman–Crippen MR) is 96.0 cm³/mol. The molecule has 6 nitrogen and oxygen atoms in total. The molecule has 0 saturated carbocycles. The SMILES string of the molecule is CC(C)(C)CNC(=O)N1CCN(C(=O)c2ccc3c(c2)CCO3)CC1. The van der Waals surface area contributed by atoms with Gasteiger partial charge in [-0.25, -0.2) is 4.79 Å². The number of urea groups is 1. The van der Waals surface area contributed by atoms with Crippen LogP contribution < -0.4 is 10.1 Å². The van der Waals surface area contributed by atoms with Gasteiger partial charge in [0.05, 0.1) is 6.61 Å². The molecule has 0 atom stereocenters. The Morgan fingerprint density at radius 3 is 2.48 bits per heavy atom. The lowest BCUT2D eigenvalue weighted by molar-refractivity contribution is 0.0664. The van der Waals surface area contributed by atoms with E-state index in [1.807, 2.05) is 23.1 Å². The molecule has 0 spiro atoms. The van der Waals surface area contributed by atoms with Crippen LogP contribution in [0.3, 0.4) is 0 Å². The first-order valence-electron chi connectivity index (χ1n) is 8.91. The largest absolute Gasteiger partial charge is 0.493 e. The van der Waals surface area contributed by atoms with Crippen molar-refractivity contribution >= 4 is 11.9 Å². The van der Waals surface area contributed by atoms with Gasteiger partial charge in [0.1, 0.15) is 5.75 Å². The van der Waals surface area contributed by atoms with E-state index in [-0.39, 0.29) is 17.4 Å². The van der Waals surface area contributed by atoms with Crippen LogP contribution in [-0.2, 0) is 6.42 Å². The van der Waals surface area contributed by atoms with E-state index in [9.17, 15) is 9.59 Å². The van der Waals surface area contributed by atoms with Crippen molar-refractivity contribution in [1.82, 2.24) is 15.1 Å². The minimum Gasteiger partial charge on any atom is -0.493 e. The summed E-state index contributed by atoms with van der Waals surface area (Å²) in [4.78, 5) is 28.5. The summed E-state index contributed by atoms with van der Waals surface area (Å²) in [5.74, 6) is 0.918. The van der Waals surface area contributed by atoms with Gasteiger partial charge >= 0.3 is 6.03 Å². The van der Waals surface area contributed by atoms with Gasteiger partial charge in [-0.05, 0) is 29.2 Å². The van der Waals surface area contributed by atoms with Gasteiger partial charge in [-0.15, -0.1) is 0 Å². The van der Waals surface area contributed by atoms with Crippen LogP contribution in [0.4, 0.5) is 4.79 Å². The first-order valence-corrected chi connectivity index (χ1v) is 8.91. The minimum atomic E-state index is -0.0447. The maximum Gasteiger partial charge on any atom is 0.317 e. The first kappa shape index (κ1) is 17.6. The summed E-state index contributed by atoms with van der Waals surface area (Å²) in [5, 5.41) is 2.97. The monoisotopic (exact) mass is 345 g/mol. The van der Waals surface area contributed by atoms with E-state index in [1.54, 1.807) is 4.90 Å². The van der Waals surface area contributed by atoms with Crippen molar-refractivity contribution in [2.45, 2.75) is 27.2 Å². The number of hydrogen-bond acceptors (Lipinski definition) is 3. The van der Waals surface area contributed by atoms with Gasteiger partial charge in [0.25, 0.3) is 5.91 Å². The van der Waals surface area contributed by atoms with Crippen molar-refractivity contribution in [2.24, 2.45) is 5.41 Å². The van der Waals surface area contributed by atoms with Gasteiger partial charge in [0.2, 0.25) is 0 Å². The topological polar surface area (TPSA) is 61.9 Å². The molecule has 1 aromatic carbocycles. The van der Waals surface area contributed by atoms with E-state index in [4.69, 9.17) is 4.74 Å². The quantitative estimate of drug-likeness (QED) is 0.893. The Balaban J connectivity index is 1.53. The van der Waals surface area contributed by atoms with Crippen molar-refractivity contribution in [3.8, 4) is 5.75 Å². The maximum absolute atomic E-state index is 12.7. The highest BCUT2D eigenvalue weighted by atomic mass is 16.5. The zero-order valence-electron chi connectivity index (χ0n) is 15.3. The van der Waals surface area contributed by atoms with Crippen LogP contribution in [-0.4, -0.2) is 61.1 Å². The molecule has 2 aliphatic heterocycles. The molecule has 2 heterocycles. The average Bonchev–Trinajstić information content (AvgIpc) is 3.06. The number of carbonyl (C=O) groups is 2. The van der Waals surface area contributed by atoms with Crippen molar-refractivity contribution in [3.05, 3.63) is 29.3 Å².